The van der Waals surface area contributed by atoms with Crippen molar-refractivity contribution in [2.24, 2.45) is 9.98 Å². The minimum Gasteiger partial charge on any atom is -0.353 e. The number of hydrogen-bond acceptors (Lipinski definition) is 2. The summed E-state index contributed by atoms with van der Waals surface area (Å²) < 4.78 is 0. The molecule has 1 aromatic heterocycles. The number of nitrogens with one attached hydrogen (secondary N) is 1. The zero-order chi connectivity index (χ0) is 21.3. The zero-order valence-electron chi connectivity index (χ0n) is 18.9. The van der Waals surface area contributed by atoms with Crippen LogP contribution >= 0.6 is 0 Å². The lowest BCUT2D eigenvalue weighted by atomic mass is 10.1. The lowest BCUT2D eigenvalue weighted by molar-refractivity contribution is 1.27. The van der Waals surface area contributed by atoms with E-state index in [-0.39, 0.29) is 0 Å². The lowest BCUT2D eigenvalue weighted by Gasteiger charge is -2.06. The summed E-state index contributed by atoms with van der Waals surface area (Å²) in [5, 5.41) is 0. The van der Waals surface area contributed by atoms with Crippen LogP contribution in [-0.4, -0.2) is 17.4 Å². The van der Waals surface area contributed by atoms with Crippen molar-refractivity contribution in [3.63, 3.8) is 0 Å². The average Bonchev–Trinajstić information content (AvgIpc) is 2.88. The summed E-state index contributed by atoms with van der Waals surface area (Å²) in [5.41, 5.74) is 13.9. The smallest absolute Gasteiger partial charge is 0.0689 e. The Morgan fingerprint density at radius 3 is 1.17 bits per heavy atom. The van der Waals surface area contributed by atoms with Crippen molar-refractivity contribution in [3.8, 4) is 0 Å². The van der Waals surface area contributed by atoms with Gasteiger partial charge < -0.3 is 4.98 Å². The maximum atomic E-state index is 4.79. The van der Waals surface area contributed by atoms with Crippen LogP contribution in [-0.2, 0) is 0 Å². The van der Waals surface area contributed by atoms with Gasteiger partial charge in [-0.2, -0.15) is 0 Å². The molecule has 0 amide bonds. The van der Waals surface area contributed by atoms with Crippen molar-refractivity contribution in [2.45, 2.75) is 55.4 Å². The first-order valence-corrected chi connectivity index (χ1v) is 10.1. The van der Waals surface area contributed by atoms with Crippen LogP contribution in [0.25, 0.3) is 0 Å². The van der Waals surface area contributed by atoms with E-state index in [0.717, 1.165) is 22.8 Å². The van der Waals surface area contributed by atoms with E-state index < -0.39 is 0 Å². The Hall–Kier alpha value is -2.94. The molecule has 0 fully saturated rings. The third-order valence-corrected chi connectivity index (χ3v) is 5.56. The minimum absolute atomic E-state index is 1.03. The van der Waals surface area contributed by atoms with E-state index in [4.69, 9.17) is 9.98 Å². The van der Waals surface area contributed by atoms with Gasteiger partial charge in [0, 0.05) is 0 Å². The van der Waals surface area contributed by atoms with E-state index in [0.29, 0.717) is 0 Å². The summed E-state index contributed by atoms with van der Waals surface area (Å²) in [6.45, 7) is 17.0. The van der Waals surface area contributed by atoms with Crippen LogP contribution in [0, 0.1) is 55.4 Å². The van der Waals surface area contributed by atoms with Gasteiger partial charge in [-0.05, 0) is 88.8 Å². The Morgan fingerprint density at radius 1 is 0.552 bits per heavy atom. The molecule has 0 bridgehead atoms. The van der Waals surface area contributed by atoms with Gasteiger partial charge in [-0.1, -0.05) is 35.4 Å². The molecule has 0 atom stereocenters. The number of H-pyrrole nitrogens is 1. The van der Waals surface area contributed by atoms with Crippen LogP contribution < -0.4 is 0 Å². The molecule has 3 rings (SSSR count). The molecule has 150 valence electrons. The molecule has 0 unspecified atom stereocenters. The van der Waals surface area contributed by atoms with Crippen LogP contribution in [0.15, 0.2) is 34.3 Å². The van der Waals surface area contributed by atoms with Gasteiger partial charge in [0.1, 0.15) is 0 Å². The Kier molecular flexibility index (Phi) is 5.88. The van der Waals surface area contributed by atoms with Crippen molar-refractivity contribution in [1.29, 1.82) is 0 Å². The first-order chi connectivity index (χ1) is 13.7. The topological polar surface area (TPSA) is 40.5 Å². The van der Waals surface area contributed by atoms with Gasteiger partial charge in [-0.15, -0.1) is 0 Å². The highest BCUT2D eigenvalue weighted by Crippen LogP contribution is 2.27. The lowest BCUT2D eigenvalue weighted by Crippen LogP contribution is -1.89. The van der Waals surface area contributed by atoms with Gasteiger partial charge in [0.15, 0.2) is 0 Å². The van der Waals surface area contributed by atoms with Gasteiger partial charge in [0.05, 0.1) is 35.2 Å². The van der Waals surface area contributed by atoms with Crippen LogP contribution in [0.2, 0.25) is 0 Å². The fraction of sp³-hybridized carbons (Fsp3) is 0.308. The van der Waals surface area contributed by atoms with Crippen molar-refractivity contribution in [1.82, 2.24) is 4.98 Å². The highest BCUT2D eigenvalue weighted by atomic mass is 14.8. The molecule has 0 aliphatic heterocycles. The minimum atomic E-state index is 1.03. The summed E-state index contributed by atoms with van der Waals surface area (Å²) in [7, 11) is 0. The van der Waals surface area contributed by atoms with Crippen LogP contribution in [0.5, 0.6) is 0 Å². The molecule has 0 spiro atoms. The molecule has 29 heavy (non-hydrogen) atoms. The maximum Gasteiger partial charge on any atom is 0.0689 e. The number of rotatable bonds is 4. The van der Waals surface area contributed by atoms with E-state index in [1.54, 1.807) is 0 Å². The zero-order valence-corrected chi connectivity index (χ0v) is 18.9. The molecule has 2 aromatic carbocycles. The van der Waals surface area contributed by atoms with Crippen molar-refractivity contribution in [3.05, 3.63) is 80.2 Å². The number of hydrogen-bond donors (Lipinski definition) is 1. The Morgan fingerprint density at radius 2 is 0.862 bits per heavy atom. The van der Waals surface area contributed by atoms with Crippen molar-refractivity contribution in [2.75, 3.05) is 0 Å². The van der Waals surface area contributed by atoms with E-state index >= 15 is 0 Å². The number of aromatic nitrogens is 1. The molecule has 3 heteroatoms. The Labute approximate surface area is 174 Å². The second-order valence-corrected chi connectivity index (χ2v) is 8.21. The molecule has 1 heterocycles. The number of nitrogens with zero attached hydrogens (tertiary/aromatic N) is 2. The Bertz CT molecular complexity index is 993. The summed E-state index contributed by atoms with van der Waals surface area (Å²) >= 11 is 0. The van der Waals surface area contributed by atoms with E-state index in [9.17, 15) is 0 Å². The second kappa shape index (κ2) is 8.20. The van der Waals surface area contributed by atoms with E-state index in [2.05, 4.69) is 84.6 Å². The summed E-state index contributed by atoms with van der Waals surface area (Å²) in [4.78, 5) is 13.1. The highest BCUT2D eigenvalue weighted by molar-refractivity contribution is 5.89. The first-order valence-electron chi connectivity index (χ1n) is 10.1. The van der Waals surface area contributed by atoms with Crippen LogP contribution in [0.1, 0.15) is 55.9 Å². The molecule has 0 aliphatic rings. The summed E-state index contributed by atoms with van der Waals surface area (Å²) in [6.07, 6.45) is 3.87. The monoisotopic (exact) mass is 385 g/mol. The normalized spacial score (nSPS) is 11.9. The third-order valence-electron chi connectivity index (χ3n) is 5.56. The maximum absolute atomic E-state index is 4.79. The molecule has 3 nitrogen and oxygen atoms in total. The first kappa shape index (κ1) is 20.8. The SMILES string of the molecule is Cc1cc(C)c(N=Cc2[nH]c(C=Nc3c(C)cc(C)cc3C)c(C)c2C)c(C)c1. The Balaban J connectivity index is 1.93. The van der Waals surface area contributed by atoms with Crippen molar-refractivity contribution >= 4 is 23.8 Å². The number of aliphatic imine (C=N–C) groups is 2. The molecule has 0 aliphatic carbocycles. The summed E-state index contributed by atoms with van der Waals surface area (Å²) in [6, 6.07) is 8.71. The van der Waals surface area contributed by atoms with E-state index in [1.807, 2.05) is 12.4 Å². The quantitative estimate of drug-likeness (QED) is 0.471. The molecule has 1 N–H and O–H groups in total. The average molecular weight is 386 g/mol. The van der Waals surface area contributed by atoms with Gasteiger partial charge >= 0.3 is 0 Å². The predicted molar refractivity (Wildman–Crippen MR) is 126 cm³/mol. The third kappa shape index (κ3) is 4.40. The van der Waals surface area contributed by atoms with Gasteiger partial charge in [0.25, 0.3) is 0 Å². The van der Waals surface area contributed by atoms with Gasteiger partial charge in [-0.3, -0.25) is 9.98 Å². The van der Waals surface area contributed by atoms with Crippen LogP contribution in [0.4, 0.5) is 11.4 Å². The molecular formula is C26H31N3. The fourth-order valence-corrected chi connectivity index (χ4v) is 4.01. The standard InChI is InChI=1S/C26H31N3/c1-15-9-17(3)25(18(4)10-15)27-13-23-21(7)22(8)24(29-23)14-28-26-19(5)11-16(2)12-20(26)6/h9-14,29H,1-8H3. The predicted octanol–water partition coefficient (Wildman–Crippen LogP) is 6.98. The number of aryl methyl sites for hydroxylation is 6. The molecule has 3 aromatic rings. The number of benzene rings is 2. The van der Waals surface area contributed by atoms with Crippen LogP contribution in [0.3, 0.4) is 0 Å². The van der Waals surface area contributed by atoms with Gasteiger partial charge in [0.2, 0.25) is 0 Å². The van der Waals surface area contributed by atoms with Crippen molar-refractivity contribution < 1.29 is 0 Å². The number of aromatic amines is 1. The molecule has 0 saturated carbocycles. The summed E-state index contributed by atoms with van der Waals surface area (Å²) in [5.74, 6) is 0. The molecule has 0 saturated heterocycles. The fourth-order valence-electron chi connectivity index (χ4n) is 4.01. The largest absolute Gasteiger partial charge is 0.353 e. The molecule has 0 radical (unpaired) electrons. The second-order valence-electron chi connectivity index (χ2n) is 8.21. The van der Waals surface area contributed by atoms with Gasteiger partial charge in [-0.25, -0.2) is 0 Å². The highest BCUT2D eigenvalue weighted by Gasteiger charge is 2.09. The van der Waals surface area contributed by atoms with E-state index in [1.165, 1.54) is 44.5 Å². The molecular weight excluding hydrogens is 354 g/mol.